The summed E-state index contributed by atoms with van der Waals surface area (Å²) >= 11 is 0. The summed E-state index contributed by atoms with van der Waals surface area (Å²) in [5.41, 5.74) is 0.471. The Morgan fingerprint density at radius 1 is 0.750 bits per heavy atom. The lowest BCUT2D eigenvalue weighted by molar-refractivity contribution is -0.138. The van der Waals surface area contributed by atoms with E-state index in [0.29, 0.717) is 35.7 Å². The van der Waals surface area contributed by atoms with Crippen LogP contribution in [0.2, 0.25) is 0 Å². The summed E-state index contributed by atoms with van der Waals surface area (Å²) in [5, 5.41) is 2.63. The van der Waals surface area contributed by atoms with Crippen LogP contribution in [0, 0.1) is 0 Å². The highest BCUT2D eigenvalue weighted by Gasteiger charge is 2.32. The zero-order chi connectivity index (χ0) is 28.7. The first-order chi connectivity index (χ1) is 18.9. The van der Waals surface area contributed by atoms with Crippen molar-refractivity contribution < 1.29 is 40.3 Å². The molecule has 0 radical (unpaired) electrons. The van der Waals surface area contributed by atoms with Crippen LogP contribution in [0.15, 0.2) is 83.3 Å². The highest BCUT2D eigenvalue weighted by molar-refractivity contribution is 6.04. The monoisotopic (exact) mass is 558 g/mol. The van der Waals surface area contributed by atoms with Crippen molar-refractivity contribution in [3.63, 3.8) is 0 Å². The SMILES string of the molecule is O=C(Nc1ccc(-c2cc3c(o2)CCN(C(=O)c2ccc(C(F)(F)F)cc2)C3)cc1)c1ccc(C(F)(F)F)cc1. The summed E-state index contributed by atoms with van der Waals surface area (Å²) in [5.74, 6) is 0.295. The van der Waals surface area contributed by atoms with E-state index in [1.54, 1.807) is 35.2 Å². The van der Waals surface area contributed by atoms with Gasteiger partial charge in [0.1, 0.15) is 11.5 Å². The fourth-order valence-corrected chi connectivity index (χ4v) is 4.36. The van der Waals surface area contributed by atoms with Gasteiger partial charge in [-0.2, -0.15) is 26.3 Å². The third kappa shape index (κ3) is 5.73. The lowest BCUT2D eigenvalue weighted by Gasteiger charge is -2.26. The van der Waals surface area contributed by atoms with Crippen molar-refractivity contribution in [2.24, 2.45) is 0 Å². The van der Waals surface area contributed by atoms with E-state index in [-0.39, 0.29) is 23.6 Å². The first-order valence-electron chi connectivity index (χ1n) is 12.1. The van der Waals surface area contributed by atoms with Crippen LogP contribution in [-0.4, -0.2) is 23.3 Å². The van der Waals surface area contributed by atoms with Crippen LogP contribution < -0.4 is 5.32 Å². The first-order valence-corrected chi connectivity index (χ1v) is 12.1. The molecule has 1 aromatic heterocycles. The van der Waals surface area contributed by atoms with Crippen LogP contribution in [0.4, 0.5) is 32.0 Å². The molecule has 0 unspecified atom stereocenters. The minimum Gasteiger partial charge on any atom is -0.461 e. The molecule has 0 bridgehead atoms. The molecule has 11 heteroatoms. The highest BCUT2D eigenvalue weighted by Crippen LogP contribution is 2.33. The Kier molecular flexibility index (Phi) is 6.91. The largest absolute Gasteiger partial charge is 0.461 e. The molecule has 2 amide bonds. The molecule has 206 valence electrons. The molecule has 1 aliphatic rings. The summed E-state index contributed by atoms with van der Waals surface area (Å²) in [4.78, 5) is 26.8. The number of furan rings is 1. The molecular weight excluding hydrogens is 538 g/mol. The van der Waals surface area contributed by atoms with Gasteiger partial charge in [0.25, 0.3) is 11.8 Å². The second-order valence-corrected chi connectivity index (χ2v) is 9.22. The number of anilines is 1. The van der Waals surface area contributed by atoms with Gasteiger partial charge in [0.05, 0.1) is 11.1 Å². The first kappa shape index (κ1) is 27.0. The number of halogens is 6. The molecule has 4 aromatic rings. The van der Waals surface area contributed by atoms with Crippen LogP contribution in [0.5, 0.6) is 0 Å². The van der Waals surface area contributed by atoms with Gasteiger partial charge in [-0.05, 0) is 78.9 Å². The molecule has 5 nitrogen and oxygen atoms in total. The third-order valence-electron chi connectivity index (χ3n) is 6.51. The van der Waals surface area contributed by atoms with E-state index >= 15 is 0 Å². The van der Waals surface area contributed by atoms with Crippen molar-refractivity contribution in [1.29, 1.82) is 0 Å². The smallest absolute Gasteiger partial charge is 0.416 e. The normalized spacial score (nSPS) is 13.6. The number of amides is 2. The van der Waals surface area contributed by atoms with E-state index in [4.69, 9.17) is 4.42 Å². The topological polar surface area (TPSA) is 62.6 Å². The molecule has 0 saturated carbocycles. The predicted octanol–water partition coefficient (Wildman–Crippen LogP) is 7.44. The number of hydrogen-bond acceptors (Lipinski definition) is 3. The number of hydrogen-bond donors (Lipinski definition) is 1. The van der Waals surface area contributed by atoms with Gasteiger partial charge >= 0.3 is 12.4 Å². The molecule has 0 fully saturated rings. The fourth-order valence-electron chi connectivity index (χ4n) is 4.36. The zero-order valence-electron chi connectivity index (χ0n) is 20.6. The van der Waals surface area contributed by atoms with Gasteiger partial charge in [0, 0.05) is 47.5 Å². The maximum atomic E-state index is 12.9. The Balaban J connectivity index is 1.23. The Labute approximate surface area is 224 Å². The van der Waals surface area contributed by atoms with E-state index in [2.05, 4.69) is 5.32 Å². The Morgan fingerprint density at radius 3 is 1.85 bits per heavy atom. The standard InChI is InChI=1S/C29H20F6N2O3/c30-28(31,32)21-7-1-18(2-8-21)26(38)36-23-11-5-17(6-12-23)25-15-20-16-37(14-13-24(20)40-25)27(39)19-3-9-22(10-4-19)29(33,34)35/h1-12,15H,13-14,16H2,(H,36,38). The Morgan fingerprint density at radius 2 is 1.30 bits per heavy atom. The van der Waals surface area contributed by atoms with Gasteiger partial charge < -0.3 is 14.6 Å². The van der Waals surface area contributed by atoms with Gasteiger partial charge in [0.2, 0.25) is 0 Å². The third-order valence-corrected chi connectivity index (χ3v) is 6.51. The number of alkyl halides is 6. The summed E-state index contributed by atoms with van der Waals surface area (Å²) < 4.78 is 82.6. The average molecular weight is 558 g/mol. The zero-order valence-corrected chi connectivity index (χ0v) is 20.6. The number of rotatable bonds is 4. The lowest BCUT2D eigenvalue weighted by atomic mass is 10.1. The number of carbonyl (C=O) groups excluding carboxylic acids is 2. The minimum absolute atomic E-state index is 0.0752. The van der Waals surface area contributed by atoms with E-state index < -0.39 is 29.4 Å². The van der Waals surface area contributed by atoms with Crippen molar-refractivity contribution in [1.82, 2.24) is 4.90 Å². The number of carbonyl (C=O) groups is 2. The molecule has 2 heterocycles. The number of nitrogens with zero attached hydrogens (tertiary/aromatic N) is 1. The van der Waals surface area contributed by atoms with Gasteiger partial charge in [0.15, 0.2) is 0 Å². The lowest BCUT2D eigenvalue weighted by Crippen LogP contribution is -2.35. The van der Waals surface area contributed by atoms with E-state index in [1.165, 1.54) is 12.1 Å². The molecule has 1 aliphatic heterocycles. The molecule has 0 saturated heterocycles. The minimum atomic E-state index is -4.49. The molecule has 3 aromatic carbocycles. The molecular formula is C29H20F6N2O3. The maximum Gasteiger partial charge on any atom is 0.416 e. The average Bonchev–Trinajstić information content (AvgIpc) is 3.36. The Bertz CT molecular complexity index is 1540. The second-order valence-electron chi connectivity index (χ2n) is 9.22. The number of benzene rings is 3. The molecule has 5 rings (SSSR count). The quantitative estimate of drug-likeness (QED) is 0.265. The van der Waals surface area contributed by atoms with Crippen molar-refractivity contribution in [2.45, 2.75) is 25.3 Å². The predicted molar refractivity (Wildman–Crippen MR) is 133 cm³/mol. The van der Waals surface area contributed by atoms with Crippen LogP contribution in [0.25, 0.3) is 11.3 Å². The highest BCUT2D eigenvalue weighted by atomic mass is 19.4. The maximum absolute atomic E-state index is 12.9. The van der Waals surface area contributed by atoms with E-state index in [9.17, 15) is 35.9 Å². The summed E-state index contributed by atoms with van der Waals surface area (Å²) in [6, 6.07) is 16.4. The second kappa shape index (κ2) is 10.2. The molecule has 40 heavy (non-hydrogen) atoms. The summed E-state index contributed by atoms with van der Waals surface area (Å²) in [6.45, 7) is 0.578. The van der Waals surface area contributed by atoms with Crippen molar-refractivity contribution in [2.75, 3.05) is 11.9 Å². The van der Waals surface area contributed by atoms with Gasteiger partial charge in [-0.15, -0.1) is 0 Å². The van der Waals surface area contributed by atoms with Crippen LogP contribution in [0.3, 0.4) is 0 Å². The van der Waals surface area contributed by atoms with Crippen molar-refractivity contribution in [3.8, 4) is 11.3 Å². The van der Waals surface area contributed by atoms with E-state index in [0.717, 1.165) is 42.0 Å². The number of fused-ring (bicyclic) bond motifs is 1. The van der Waals surface area contributed by atoms with Gasteiger partial charge in [-0.1, -0.05) is 0 Å². The molecule has 0 atom stereocenters. The van der Waals surface area contributed by atoms with Crippen molar-refractivity contribution >= 4 is 17.5 Å². The van der Waals surface area contributed by atoms with Crippen molar-refractivity contribution in [3.05, 3.63) is 112 Å². The molecule has 0 spiro atoms. The van der Waals surface area contributed by atoms with Gasteiger partial charge in [-0.25, -0.2) is 0 Å². The molecule has 1 N–H and O–H groups in total. The number of nitrogens with one attached hydrogen (secondary N) is 1. The molecule has 0 aliphatic carbocycles. The summed E-state index contributed by atoms with van der Waals surface area (Å²) in [7, 11) is 0. The Hall–Kier alpha value is -4.54. The van der Waals surface area contributed by atoms with Crippen LogP contribution >= 0.6 is 0 Å². The van der Waals surface area contributed by atoms with Crippen LogP contribution in [-0.2, 0) is 25.3 Å². The summed E-state index contributed by atoms with van der Waals surface area (Å²) in [6.07, 6.45) is -8.54. The van der Waals surface area contributed by atoms with Gasteiger partial charge in [-0.3, -0.25) is 9.59 Å². The fraction of sp³-hybridized carbons (Fsp3) is 0.172. The van der Waals surface area contributed by atoms with E-state index in [1.807, 2.05) is 0 Å². The van der Waals surface area contributed by atoms with Crippen LogP contribution in [0.1, 0.15) is 43.2 Å².